The van der Waals surface area contributed by atoms with Gasteiger partial charge in [0.2, 0.25) is 0 Å². The molecule has 0 spiro atoms. The molecule has 13 heavy (non-hydrogen) atoms. The summed E-state index contributed by atoms with van der Waals surface area (Å²) in [6.45, 7) is 4.89. The zero-order valence-electron chi connectivity index (χ0n) is 7.73. The molecule has 0 saturated heterocycles. The van der Waals surface area contributed by atoms with Crippen molar-refractivity contribution in [1.82, 2.24) is 0 Å². The number of hydrogen-bond acceptors (Lipinski definition) is 1. The molecule has 0 aliphatic carbocycles. The summed E-state index contributed by atoms with van der Waals surface area (Å²) >= 11 is 5.66. The summed E-state index contributed by atoms with van der Waals surface area (Å²) in [4.78, 5) is 0. The molecule has 0 radical (unpaired) electrons. The smallest absolute Gasteiger partial charge is 0.125 e. The highest BCUT2D eigenvalue weighted by Gasteiger charge is 2.04. The predicted octanol–water partition coefficient (Wildman–Crippen LogP) is 3.68. The van der Waals surface area contributed by atoms with Crippen LogP contribution in [0, 0.1) is 17.4 Å². The van der Waals surface area contributed by atoms with Gasteiger partial charge in [-0.25, -0.2) is 0 Å². The standard InChI is InChI=1S/C10H12BrIO/c1-7-5-9(12)6-8(2)10(7)13-4-3-11/h5-6H,3-4H2,1-2H3. The molecule has 0 amide bonds. The Labute approximate surface area is 101 Å². The Balaban J connectivity index is 2.92. The molecule has 1 rings (SSSR count). The largest absolute Gasteiger partial charge is 0.492 e. The van der Waals surface area contributed by atoms with Crippen molar-refractivity contribution < 1.29 is 4.74 Å². The Morgan fingerprint density at radius 2 is 1.85 bits per heavy atom. The highest BCUT2D eigenvalue weighted by Crippen LogP contribution is 2.25. The van der Waals surface area contributed by atoms with E-state index in [1.165, 1.54) is 14.7 Å². The number of aryl methyl sites for hydroxylation is 2. The van der Waals surface area contributed by atoms with Crippen LogP contribution in [-0.4, -0.2) is 11.9 Å². The number of benzene rings is 1. The fourth-order valence-electron chi connectivity index (χ4n) is 1.27. The fourth-order valence-corrected chi connectivity index (χ4v) is 2.36. The van der Waals surface area contributed by atoms with Crippen molar-refractivity contribution in [3.8, 4) is 5.75 Å². The van der Waals surface area contributed by atoms with Crippen LogP contribution in [0.3, 0.4) is 0 Å². The molecule has 1 aromatic rings. The predicted molar refractivity (Wildman–Crippen MR) is 67.9 cm³/mol. The lowest BCUT2D eigenvalue weighted by Gasteiger charge is -2.11. The van der Waals surface area contributed by atoms with Crippen LogP contribution in [0.5, 0.6) is 5.75 Å². The highest BCUT2D eigenvalue weighted by molar-refractivity contribution is 14.1. The average molecular weight is 355 g/mol. The van der Waals surface area contributed by atoms with Gasteiger partial charge >= 0.3 is 0 Å². The van der Waals surface area contributed by atoms with Crippen molar-refractivity contribution in [2.75, 3.05) is 11.9 Å². The van der Waals surface area contributed by atoms with Gasteiger partial charge < -0.3 is 4.74 Å². The van der Waals surface area contributed by atoms with Crippen molar-refractivity contribution in [2.45, 2.75) is 13.8 Å². The second-order valence-electron chi connectivity index (χ2n) is 2.91. The minimum atomic E-state index is 0.724. The molecule has 0 aliphatic heterocycles. The SMILES string of the molecule is Cc1cc(I)cc(C)c1OCCBr. The fraction of sp³-hybridized carbons (Fsp3) is 0.400. The second kappa shape index (κ2) is 5.20. The van der Waals surface area contributed by atoms with Gasteiger partial charge in [-0.2, -0.15) is 0 Å². The van der Waals surface area contributed by atoms with Crippen LogP contribution >= 0.6 is 38.5 Å². The van der Waals surface area contributed by atoms with E-state index in [0.29, 0.717) is 0 Å². The summed E-state index contributed by atoms with van der Waals surface area (Å²) in [5, 5.41) is 0.873. The molecular formula is C10H12BrIO. The van der Waals surface area contributed by atoms with E-state index in [1.54, 1.807) is 0 Å². The summed E-state index contributed by atoms with van der Waals surface area (Å²) < 4.78 is 6.88. The molecule has 3 heteroatoms. The summed E-state index contributed by atoms with van der Waals surface area (Å²) in [5.74, 6) is 1.03. The van der Waals surface area contributed by atoms with E-state index < -0.39 is 0 Å². The van der Waals surface area contributed by atoms with E-state index in [1.807, 2.05) is 0 Å². The molecule has 0 fully saturated rings. The van der Waals surface area contributed by atoms with Gasteiger partial charge in [-0.15, -0.1) is 0 Å². The summed E-state index contributed by atoms with van der Waals surface area (Å²) in [5.41, 5.74) is 2.43. The van der Waals surface area contributed by atoms with Gasteiger partial charge in [-0.1, -0.05) is 15.9 Å². The molecule has 0 heterocycles. The van der Waals surface area contributed by atoms with Crippen LogP contribution in [0.2, 0.25) is 0 Å². The van der Waals surface area contributed by atoms with Crippen LogP contribution in [-0.2, 0) is 0 Å². The van der Waals surface area contributed by atoms with Gasteiger partial charge in [0, 0.05) is 8.90 Å². The van der Waals surface area contributed by atoms with Crippen molar-refractivity contribution >= 4 is 38.5 Å². The van der Waals surface area contributed by atoms with E-state index in [2.05, 4.69) is 64.5 Å². The minimum absolute atomic E-state index is 0.724. The number of hydrogen-bond donors (Lipinski definition) is 0. The number of ether oxygens (including phenoxy) is 1. The third-order valence-electron chi connectivity index (χ3n) is 1.75. The molecular weight excluding hydrogens is 343 g/mol. The normalized spacial score (nSPS) is 10.2. The highest BCUT2D eigenvalue weighted by atomic mass is 127. The lowest BCUT2D eigenvalue weighted by Crippen LogP contribution is -2.01. The van der Waals surface area contributed by atoms with Crippen molar-refractivity contribution in [2.24, 2.45) is 0 Å². The Morgan fingerprint density at radius 3 is 2.31 bits per heavy atom. The third kappa shape index (κ3) is 3.13. The average Bonchev–Trinajstić information content (AvgIpc) is 2.02. The van der Waals surface area contributed by atoms with Gasteiger partial charge in [0.15, 0.2) is 0 Å². The molecule has 0 atom stereocenters. The Hall–Kier alpha value is 0.230. The quantitative estimate of drug-likeness (QED) is 0.594. The molecule has 0 bridgehead atoms. The first-order chi connectivity index (χ1) is 6.15. The van der Waals surface area contributed by atoms with Crippen LogP contribution in [0.4, 0.5) is 0 Å². The lowest BCUT2D eigenvalue weighted by atomic mass is 10.1. The molecule has 1 aromatic carbocycles. The van der Waals surface area contributed by atoms with Crippen LogP contribution in [0.15, 0.2) is 12.1 Å². The maximum Gasteiger partial charge on any atom is 0.125 e. The topological polar surface area (TPSA) is 9.23 Å². The molecule has 0 unspecified atom stereocenters. The van der Waals surface area contributed by atoms with Crippen LogP contribution < -0.4 is 4.74 Å². The maximum atomic E-state index is 5.62. The number of halogens is 2. The van der Waals surface area contributed by atoms with E-state index in [9.17, 15) is 0 Å². The molecule has 0 aromatic heterocycles. The third-order valence-corrected chi connectivity index (χ3v) is 2.70. The molecule has 1 nitrogen and oxygen atoms in total. The second-order valence-corrected chi connectivity index (χ2v) is 4.94. The van der Waals surface area contributed by atoms with Gasteiger partial charge in [0.25, 0.3) is 0 Å². The van der Waals surface area contributed by atoms with Gasteiger partial charge in [0.05, 0.1) is 6.61 Å². The first-order valence-electron chi connectivity index (χ1n) is 4.10. The van der Waals surface area contributed by atoms with E-state index in [-0.39, 0.29) is 0 Å². The van der Waals surface area contributed by atoms with Gasteiger partial charge in [-0.3, -0.25) is 0 Å². The lowest BCUT2D eigenvalue weighted by molar-refractivity contribution is 0.340. The van der Waals surface area contributed by atoms with Crippen molar-refractivity contribution in [3.05, 3.63) is 26.8 Å². The van der Waals surface area contributed by atoms with E-state index in [0.717, 1.165) is 17.7 Å². The Kier molecular flexibility index (Phi) is 4.52. The van der Waals surface area contributed by atoms with Crippen LogP contribution in [0.25, 0.3) is 0 Å². The van der Waals surface area contributed by atoms with Gasteiger partial charge in [0.1, 0.15) is 5.75 Å². The molecule has 0 N–H and O–H groups in total. The molecule has 0 aliphatic rings. The van der Waals surface area contributed by atoms with Crippen LogP contribution in [0.1, 0.15) is 11.1 Å². The number of rotatable bonds is 3. The zero-order chi connectivity index (χ0) is 9.84. The van der Waals surface area contributed by atoms with Crippen molar-refractivity contribution in [1.29, 1.82) is 0 Å². The molecule has 72 valence electrons. The maximum absolute atomic E-state index is 5.62. The zero-order valence-corrected chi connectivity index (χ0v) is 11.5. The number of alkyl halides is 1. The Bertz CT molecular complexity index is 276. The Morgan fingerprint density at radius 1 is 1.31 bits per heavy atom. The van der Waals surface area contributed by atoms with E-state index in [4.69, 9.17) is 4.74 Å². The first-order valence-corrected chi connectivity index (χ1v) is 6.30. The summed E-state index contributed by atoms with van der Waals surface area (Å²) in [6, 6.07) is 4.27. The first kappa shape index (κ1) is 11.3. The molecule has 0 saturated carbocycles. The summed E-state index contributed by atoms with van der Waals surface area (Å²) in [7, 11) is 0. The monoisotopic (exact) mass is 354 g/mol. The van der Waals surface area contributed by atoms with Gasteiger partial charge in [-0.05, 0) is 59.7 Å². The van der Waals surface area contributed by atoms with Crippen molar-refractivity contribution in [3.63, 3.8) is 0 Å². The minimum Gasteiger partial charge on any atom is -0.492 e. The summed E-state index contributed by atoms with van der Waals surface area (Å²) in [6.07, 6.45) is 0. The van der Waals surface area contributed by atoms with E-state index >= 15 is 0 Å².